The molecule has 0 aromatic heterocycles. The fourth-order valence-electron chi connectivity index (χ4n) is 0.796. The van der Waals surface area contributed by atoms with Crippen LogP contribution in [0.4, 0.5) is 0 Å². The smallest absolute Gasteiger partial charge is 0.272 e. The lowest BCUT2D eigenvalue weighted by atomic mass is 10.5. The monoisotopic (exact) mass is 145 g/mol. The van der Waals surface area contributed by atoms with Crippen molar-refractivity contribution >= 4 is 5.91 Å². The minimum absolute atomic E-state index is 0.0897. The van der Waals surface area contributed by atoms with E-state index in [1.54, 1.807) is 0 Å². The normalized spacial score (nSPS) is 19.7. The number of carbonyl (C=O) groups is 1. The second kappa shape index (κ2) is 3.53. The largest absolute Gasteiger partial charge is 0.370 e. The van der Waals surface area contributed by atoms with Gasteiger partial charge in [-0.05, 0) is 6.92 Å². The molecule has 0 unspecified atom stereocenters. The molecule has 0 spiro atoms. The number of nitrogens with zero attached hydrogens (tertiary/aromatic N) is 1. The summed E-state index contributed by atoms with van der Waals surface area (Å²) in [6.45, 7) is 3.66. The Morgan fingerprint density at radius 3 is 3.20 bits per heavy atom. The molecule has 0 aromatic carbocycles. The van der Waals surface area contributed by atoms with E-state index in [9.17, 15) is 4.79 Å². The summed E-state index contributed by atoms with van der Waals surface area (Å²) in [7, 11) is 0. The summed E-state index contributed by atoms with van der Waals surface area (Å²) in [4.78, 5) is 15.9. The van der Waals surface area contributed by atoms with Crippen molar-refractivity contribution in [2.75, 3.05) is 26.4 Å². The molecule has 58 valence electrons. The molecule has 1 rings (SSSR count). The predicted octanol–water partition coefficient (Wildman–Crippen LogP) is -0.203. The zero-order chi connectivity index (χ0) is 7.40. The molecule has 4 nitrogen and oxygen atoms in total. The van der Waals surface area contributed by atoms with Crippen molar-refractivity contribution < 1.29 is 14.4 Å². The first kappa shape index (κ1) is 7.50. The molecule has 1 saturated heterocycles. The fraction of sp³-hybridized carbons (Fsp3) is 0.833. The zero-order valence-electron chi connectivity index (χ0n) is 6.00. The molecule has 1 fully saturated rings. The Labute approximate surface area is 59.7 Å². The average Bonchev–Trinajstić information content (AvgIpc) is 1.94. The fourth-order valence-corrected chi connectivity index (χ4v) is 0.796. The topological polar surface area (TPSA) is 38.8 Å². The highest BCUT2D eigenvalue weighted by Crippen LogP contribution is 1.98. The van der Waals surface area contributed by atoms with Gasteiger partial charge in [0.15, 0.2) is 0 Å². The maximum Gasteiger partial charge on any atom is 0.272 e. The van der Waals surface area contributed by atoms with Gasteiger partial charge in [-0.3, -0.25) is 9.63 Å². The molecule has 1 aliphatic heterocycles. The lowest BCUT2D eigenvalue weighted by Crippen LogP contribution is -2.41. The second-order valence-electron chi connectivity index (χ2n) is 1.97. The van der Waals surface area contributed by atoms with Crippen molar-refractivity contribution in [1.29, 1.82) is 0 Å². The molecule has 1 amide bonds. The Hall–Kier alpha value is -0.610. The van der Waals surface area contributed by atoms with Crippen LogP contribution in [0.25, 0.3) is 0 Å². The molecular formula is C6H11NO3. The lowest BCUT2D eigenvalue weighted by Gasteiger charge is -2.24. The molecule has 0 N–H and O–H groups in total. The molecule has 4 heteroatoms. The maximum absolute atomic E-state index is 10.9. The van der Waals surface area contributed by atoms with Crippen LogP contribution in [0.2, 0.25) is 0 Å². The van der Waals surface area contributed by atoms with Gasteiger partial charge in [-0.15, -0.1) is 0 Å². The van der Waals surface area contributed by atoms with Crippen molar-refractivity contribution in [1.82, 2.24) is 5.06 Å². The predicted molar refractivity (Wildman–Crippen MR) is 34.2 cm³/mol. The zero-order valence-corrected chi connectivity index (χ0v) is 6.00. The van der Waals surface area contributed by atoms with E-state index in [0.717, 1.165) is 0 Å². The summed E-state index contributed by atoms with van der Waals surface area (Å²) in [6, 6.07) is 0. The Morgan fingerprint density at radius 1 is 1.80 bits per heavy atom. The Balaban J connectivity index is 2.32. The van der Waals surface area contributed by atoms with Crippen LogP contribution in [-0.2, 0) is 14.4 Å². The van der Waals surface area contributed by atoms with Crippen LogP contribution >= 0.6 is 0 Å². The van der Waals surface area contributed by atoms with Crippen molar-refractivity contribution in [2.45, 2.75) is 6.92 Å². The van der Waals surface area contributed by atoms with Crippen LogP contribution in [0.15, 0.2) is 0 Å². The summed E-state index contributed by atoms with van der Waals surface area (Å²) in [5.74, 6) is -0.0897. The van der Waals surface area contributed by atoms with Crippen LogP contribution in [0.5, 0.6) is 0 Å². The number of amides is 1. The highest BCUT2D eigenvalue weighted by atomic mass is 16.7. The quantitative estimate of drug-likeness (QED) is 0.540. The van der Waals surface area contributed by atoms with Gasteiger partial charge in [0.1, 0.15) is 6.61 Å². The Kier molecular flexibility index (Phi) is 2.65. The third-order valence-corrected chi connectivity index (χ3v) is 1.23. The molecule has 0 radical (unpaired) electrons. The lowest BCUT2D eigenvalue weighted by molar-refractivity contribution is -0.203. The molecule has 1 heterocycles. The summed E-state index contributed by atoms with van der Waals surface area (Å²) < 4.78 is 4.89. The van der Waals surface area contributed by atoms with Gasteiger partial charge in [-0.25, -0.2) is 5.06 Å². The van der Waals surface area contributed by atoms with Crippen LogP contribution < -0.4 is 0 Å². The maximum atomic E-state index is 10.9. The van der Waals surface area contributed by atoms with E-state index in [-0.39, 0.29) is 12.5 Å². The number of hydrogen-bond donors (Lipinski definition) is 0. The Morgan fingerprint density at radius 2 is 2.60 bits per heavy atom. The molecule has 0 saturated carbocycles. The van der Waals surface area contributed by atoms with E-state index in [1.807, 2.05) is 6.92 Å². The van der Waals surface area contributed by atoms with Gasteiger partial charge in [0.2, 0.25) is 0 Å². The molecule has 0 aliphatic carbocycles. The number of hydroxylamine groups is 2. The van der Waals surface area contributed by atoms with Crippen LogP contribution in [0.1, 0.15) is 6.92 Å². The first-order valence-corrected chi connectivity index (χ1v) is 3.35. The number of carbonyl (C=O) groups excluding carboxylic acids is 1. The Bertz CT molecular complexity index is 124. The van der Waals surface area contributed by atoms with Crippen molar-refractivity contribution in [3.8, 4) is 0 Å². The second-order valence-corrected chi connectivity index (χ2v) is 1.97. The molecule has 0 bridgehead atoms. The van der Waals surface area contributed by atoms with Gasteiger partial charge in [-0.2, -0.15) is 0 Å². The van der Waals surface area contributed by atoms with E-state index in [1.165, 1.54) is 5.06 Å². The van der Waals surface area contributed by atoms with E-state index >= 15 is 0 Å². The summed E-state index contributed by atoms with van der Waals surface area (Å²) in [5.41, 5.74) is 0. The summed E-state index contributed by atoms with van der Waals surface area (Å²) >= 11 is 0. The van der Waals surface area contributed by atoms with E-state index in [4.69, 9.17) is 9.57 Å². The summed E-state index contributed by atoms with van der Waals surface area (Å²) in [5, 5.41) is 1.35. The van der Waals surface area contributed by atoms with E-state index in [0.29, 0.717) is 19.8 Å². The first-order chi connectivity index (χ1) is 4.84. The van der Waals surface area contributed by atoms with Gasteiger partial charge < -0.3 is 4.74 Å². The van der Waals surface area contributed by atoms with E-state index < -0.39 is 0 Å². The number of morpholine rings is 1. The highest BCUT2D eigenvalue weighted by molar-refractivity contribution is 5.76. The number of hydrogen-bond acceptors (Lipinski definition) is 3. The van der Waals surface area contributed by atoms with Gasteiger partial charge in [0, 0.05) is 0 Å². The van der Waals surface area contributed by atoms with Gasteiger partial charge in [0.25, 0.3) is 5.91 Å². The standard InChI is InChI=1S/C6H11NO3/c1-2-10-7-3-4-9-5-6(7)8/h2-5H2,1H3. The van der Waals surface area contributed by atoms with E-state index in [2.05, 4.69) is 0 Å². The third-order valence-electron chi connectivity index (χ3n) is 1.23. The van der Waals surface area contributed by atoms with Crippen LogP contribution in [0, 0.1) is 0 Å². The van der Waals surface area contributed by atoms with Crippen LogP contribution in [-0.4, -0.2) is 37.3 Å². The minimum Gasteiger partial charge on any atom is -0.370 e. The molecule has 10 heavy (non-hydrogen) atoms. The van der Waals surface area contributed by atoms with Gasteiger partial charge >= 0.3 is 0 Å². The molecule has 0 aromatic rings. The molecular weight excluding hydrogens is 134 g/mol. The highest BCUT2D eigenvalue weighted by Gasteiger charge is 2.18. The van der Waals surface area contributed by atoms with Gasteiger partial charge in [-0.1, -0.05) is 0 Å². The van der Waals surface area contributed by atoms with Gasteiger partial charge in [0.05, 0.1) is 19.8 Å². The summed E-state index contributed by atoms with van der Waals surface area (Å²) in [6.07, 6.45) is 0. The molecule has 0 atom stereocenters. The number of rotatable bonds is 2. The third kappa shape index (κ3) is 1.68. The minimum atomic E-state index is -0.0897. The average molecular weight is 145 g/mol. The van der Waals surface area contributed by atoms with Crippen molar-refractivity contribution in [2.24, 2.45) is 0 Å². The first-order valence-electron chi connectivity index (χ1n) is 3.35. The van der Waals surface area contributed by atoms with Crippen LogP contribution in [0.3, 0.4) is 0 Å². The SMILES string of the molecule is CCON1CCOCC1=O. The molecule has 1 aliphatic rings. The van der Waals surface area contributed by atoms with Crippen molar-refractivity contribution in [3.05, 3.63) is 0 Å². The van der Waals surface area contributed by atoms with Crippen molar-refractivity contribution in [3.63, 3.8) is 0 Å². The number of ether oxygens (including phenoxy) is 1.